The summed E-state index contributed by atoms with van der Waals surface area (Å²) in [6.45, 7) is 18.7. The van der Waals surface area contributed by atoms with Crippen molar-refractivity contribution in [1.82, 2.24) is 0 Å². The van der Waals surface area contributed by atoms with E-state index in [0.717, 1.165) is 50.0 Å². The quantitative estimate of drug-likeness (QED) is 0.244. The van der Waals surface area contributed by atoms with Crippen molar-refractivity contribution in [2.45, 2.75) is 97.6 Å². The van der Waals surface area contributed by atoms with Crippen molar-refractivity contribution < 1.29 is 23.7 Å². The largest absolute Gasteiger partial charge is 0.482 e. The summed E-state index contributed by atoms with van der Waals surface area (Å²) in [6.07, 6.45) is 6.92. The highest BCUT2D eigenvalue weighted by Gasteiger charge is 2.60. The minimum Gasteiger partial charge on any atom is -0.482 e. The van der Waals surface area contributed by atoms with Gasteiger partial charge in [-0.1, -0.05) is 64.1 Å². The predicted octanol–water partition coefficient (Wildman–Crippen LogP) is 6.97. The minimum absolute atomic E-state index is 0.0207. The van der Waals surface area contributed by atoms with Crippen LogP contribution in [0.1, 0.15) is 85.1 Å². The molecule has 6 atom stereocenters. The average Bonchev–Trinajstić information content (AvgIpc) is 3.18. The van der Waals surface area contributed by atoms with E-state index >= 15 is 0 Å². The number of esters is 1. The third kappa shape index (κ3) is 4.67. The number of carbonyl (C=O) groups excluding carboxylic acids is 1. The van der Waals surface area contributed by atoms with Crippen LogP contribution in [0.3, 0.4) is 0 Å². The van der Waals surface area contributed by atoms with Crippen molar-refractivity contribution in [2.24, 2.45) is 22.7 Å². The van der Waals surface area contributed by atoms with E-state index in [1.54, 1.807) is 0 Å². The standard InChI is InChI=1S/C32H44O5/c1-20(2)22-10-8-9-11-25(22)36-26-18-34-29(33)23(26)13-14-24-21(3)12-15-27-31(24,6)17-16-28-32(27,7)19-35-30(4,5)37-28/h8-11,13,20,24,26-28H,3,12,14-19H2,1-2,4-7H3/b23-13+/t24?,26-,27+,28?,31+,32+/m1/s1. The molecule has 0 aromatic heterocycles. The molecular weight excluding hydrogens is 464 g/mol. The Morgan fingerprint density at radius 3 is 2.65 bits per heavy atom. The molecule has 5 rings (SSSR count). The number of cyclic esters (lactones) is 1. The lowest BCUT2D eigenvalue weighted by Crippen LogP contribution is -2.62. The monoisotopic (exact) mass is 508 g/mol. The van der Waals surface area contributed by atoms with Gasteiger partial charge in [0.25, 0.3) is 0 Å². The van der Waals surface area contributed by atoms with Gasteiger partial charge >= 0.3 is 5.97 Å². The Morgan fingerprint density at radius 1 is 1.14 bits per heavy atom. The van der Waals surface area contributed by atoms with Crippen LogP contribution in [-0.4, -0.2) is 37.2 Å². The van der Waals surface area contributed by atoms with E-state index in [1.807, 2.05) is 32.0 Å². The van der Waals surface area contributed by atoms with Crippen molar-refractivity contribution in [1.29, 1.82) is 0 Å². The molecule has 4 aliphatic rings. The fraction of sp³-hybridized carbons (Fsp3) is 0.656. The Labute approximate surface area is 222 Å². The van der Waals surface area contributed by atoms with E-state index in [-0.39, 0.29) is 35.6 Å². The number of benzene rings is 1. The first-order valence-electron chi connectivity index (χ1n) is 14.1. The summed E-state index contributed by atoms with van der Waals surface area (Å²) in [7, 11) is 0. The molecule has 0 N–H and O–H groups in total. The average molecular weight is 509 g/mol. The predicted molar refractivity (Wildman–Crippen MR) is 144 cm³/mol. The number of hydrogen-bond donors (Lipinski definition) is 0. The zero-order chi connectivity index (χ0) is 26.6. The first-order chi connectivity index (χ1) is 17.4. The van der Waals surface area contributed by atoms with Crippen LogP contribution in [0.5, 0.6) is 5.75 Å². The van der Waals surface area contributed by atoms with Crippen LogP contribution in [0.15, 0.2) is 48.1 Å². The Morgan fingerprint density at radius 2 is 1.89 bits per heavy atom. The van der Waals surface area contributed by atoms with E-state index in [9.17, 15) is 4.79 Å². The van der Waals surface area contributed by atoms with E-state index in [2.05, 4.69) is 46.4 Å². The van der Waals surface area contributed by atoms with Crippen LogP contribution >= 0.6 is 0 Å². The lowest BCUT2D eigenvalue weighted by Gasteiger charge is -2.63. The Hall–Kier alpha value is -2.11. The molecule has 1 aromatic rings. The Bertz CT molecular complexity index is 1090. The molecule has 2 unspecified atom stereocenters. The van der Waals surface area contributed by atoms with Crippen LogP contribution in [0, 0.1) is 22.7 Å². The van der Waals surface area contributed by atoms with Crippen LogP contribution in [0.25, 0.3) is 0 Å². The highest BCUT2D eigenvalue weighted by Crippen LogP contribution is 2.63. The van der Waals surface area contributed by atoms with Crippen LogP contribution in [-0.2, 0) is 19.0 Å². The van der Waals surface area contributed by atoms with Gasteiger partial charge in [0.05, 0.1) is 18.3 Å². The Balaban J connectivity index is 1.38. The van der Waals surface area contributed by atoms with Crippen LogP contribution in [0.2, 0.25) is 0 Å². The van der Waals surface area contributed by atoms with Crippen molar-refractivity contribution in [2.75, 3.05) is 13.2 Å². The van der Waals surface area contributed by atoms with Crippen molar-refractivity contribution in [3.63, 3.8) is 0 Å². The van der Waals surface area contributed by atoms with E-state index in [1.165, 1.54) is 5.57 Å². The molecule has 202 valence electrons. The van der Waals surface area contributed by atoms with Gasteiger partial charge in [-0.2, -0.15) is 0 Å². The number of fused-ring (bicyclic) bond motifs is 3. The van der Waals surface area contributed by atoms with Gasteiger partial charge in [-0.3, -0.25) is 0 Å². The van der Waals surface area contributed by atoms with Crippen LogP contribution < -0.4 is 4.74 Å². The first kappa shape index (κ1) is 26.5. The zero-order valence-electron chi connectivity index (χ0n) is 23.5. The molecule has 0 bridgehead atoms. The van der Waals surface area contributed by atoms with Crippen molar-refractivity contribution in [3.05, 3.63) is 53.6 Å². The van der Waals surface area contributed by atoms with Gasteiger partial charge in [-0.05, 0) is 80.8 Å². The lowest BCUT2D eigenvalue weighted by atomic mass is 9.46. The number of allylic oxidation sites excluding steroid dienone is 2. The molecule has 4 fully saturated rings. The normalized spacial score (nSPS) is 38.3. The SMILES string of the molecule is C=C1CC[C@H]2[C@@](C)(CCC3OC(C)(C)OC[C@]32C)C1C/C=C1/C(=O)OC[C@H]1Oc1ccccc1C(C)C. The molecule has 0 spiro atoms. The number of rotatable bonds is 5. The summed E-state index contributed by atoms with van der Waals surface area (Å²) in [4.78, 5) is 12.8. The number of ether oxygens (including phenoxy) is 4. The van der Waals surface area contributed by atoms with E-state index < -0.39 is 5.79 Å². The zero-order valence-corrected chi connectivity index (χ0v) is 23.5. The second-order valence-electron chi connectivity index (χ2n) is 12.9. The van der Waals surface area contributed by atoms with Gasteiger partial charge in [-0.15, -0.1) is 0 Å². The fourth-order valence-electron chi connectivity index (χ4n) is 7.73. The molecule has 5 heteroatoms. The number of hydrogen-bond acceptors (Lipinski definition) is 5. The minimum atomic E-state index is -0.522. The summed E-state index contributed by atoms with van der Waals surface area (Å²) in [6, 6.07) is 8.08. The Kier molecular flexibility index (Phi) is 6.85. The maximum Gasteiger partial charge on any atom is 0.337 e. The molecule has 2 saturated carbocycles. The molecule has 2 aliphatic carbocycles. The lowest BCUT2D eigenvalue weighted by molar-refractivity contribution is -0.344. The van der Waals surface area contributed by atoms with Gasteiger partial charge < -0.3 is 18.9 Å². The molecule has 2 saturated heterocycles. The van der Waals surface area contributed by atoms with Crippen molar-refractivity contribution in [3.8, 4) is 5.75 Å². The second kappa shape index (κ2) is 9.57. The molecule has 5 nitrogen and oxygen atoms in total. The third-order valence-corrected chi connectivity index (χ3v) is 9.80. The second-order valence-corrected chi connectivity index (χ2v) is 12.9. The smallest absolute Gasteiger partial charge is 0.337 e. The molecule has 2 aliphatic heterocycles. The summed E-state index contributed by atoms with van der Waals surface area (Å²) < 4.78 is 24.5. The molecule has 0 amide bonds. The molecule has 2 heterocycles. The maximum atomic E-state index is 12.8. The topological polar surface area (TPSA) is 54.0 Å². The fourth-order valence-corrected chi connectivity index (χ4v) is 7.73. The molecule has 37 heavy (non-hydrogen) atoms. The molecular formula is C32H44O5. The summed E-state index contributed by atoms with van der Waals surface area (Å²) in [5.41, 5.74) is 3.14. The number of carbonyl (C=O) groups is 1. The van der Waals surface area contributed by atoms with E-state index in [0.29, 0.717) is 23.3 Å². The third-order valence-electron chi connectivity index (χ3n) is 9.80. The summed E-state index contributed by atoms with van der Waals surface area (Å²) >= 11 is 0. The highest BCUT2D eigenvalue weighted by atomic mass is 16.7. The maximum absolute atomic E-state index is 12.8. The van der Waals surface area contributed by atoms with Gasteiger partial charge in [0.2, 0.25) is 0 Å². The molecule has 1 aromatic carbocycles. The molecule has 0 radical (unpaired) electrons. The van der Waals surface area contributed by atoms with Gasteiger partial charge in [-0.25, -0.2) is 4.79 Å². The number of para-hydroxylation sites is 1. The van der Waals surface area contributed by atoms with Gasteiger partial charge in [0, 0.05) is 5.41 Å². The van der Waals surface area contributed by atoms with Crippen LogP contribution in [0.4, 0.5) is 0 Å². The van der Waals surface area contributed by atoms with Gasteiger partial charge in [0.15, 0.2) is 11.9 Å². The summed E-state index contributed by atoms with van der Waals surface area (Å²) in [5.74, 6) is 1.15. The van der Waals surface area contributed by atoms with E-state index in [4.69, 9.17) is 18.9 Å². The highest BCUT2D eigenvalue weighted by molar-refractivity contribution is 5.91. The summed E-state index contributed by atoms with van der Waals surface area (Å²) in [5, 5.41) is 0. The van der Waals surface area contributed by atoms with Crippen molar-refractivity contribution >= 4 is 5.97 Å². The first-order valence-corrected chi connectivity index (χ1v) is 14.1. The van der Waals surface area contributed by atoms with Gasteiger partial charge in [0.1, 0.15) is 12.4 Å².